The van der Waals surface area contributed by atoms with Crippen molar-refractivity contribution >= 4 is 5.78 Å². The van der Waals surface area contributed by atoms with Crippen molar-refractivity contribution in [2.75, 3.05) is 6.54 Å². The quantitative estimate of drug-likeness (QED) is 0.771. The summed E-state index contributed by atoms with van der Waals surface area (Å²) >= 11 is 0. The summed E-state index contributed by atoms with van der Waals surface area (Å²) in [6.45, 7) is 3.22. The molecular weight excluding hydrogens is 186 g/mol. The van der Waals surface area contributed by atoms with Gasteiger partial charge in [-0.05, 0) is 38.6 Å². The molecule has 0 radical (unpaired) electrons. The van der Waals surface area contributed by atoms with Gasteiger partial charge in [0.2, 0.25) is 0 Å². The van der Waals surface area contributed by atoms with Crippen LogP contribution < -0.4 is 5.32 Å². The molecule has 1 atom stereocenters. The summed E-state index contributed by atoms with van der Waals surface area (Å²) < 4.78 is 0. The van der Waals surface area contributed by atoms with E-state index in [4.69, 9.17) is 0 Å². The van der Waals surface area contributed by atoms with E-state index in [1.54, 1.807) is 0 Å². The standard InChI is InChI=1S/C13H23NO/c1-2-8-13(9-5-10-14-13)12(15)11-6-3-4-7-11/h11,14H,2-10H2,1H3. The van der Waals surface area contributed by atoms with E-state index in [1.165, 1.54) is 19.3 Å². The fraction of sp³-hybridized carbons (Fsp3) is 0.923. The van der Waals surface area contributed by atoms with E-state index in [2.05, 4.69) is 12.2 Å². The van der Waals surface area contributed by atoms with Crippen LogP contribution in [0.15, 0.2) is 0 Å². The Labute approximate surface area is 92.8 Å². The highest BCUT2D eigenvalue weighted by Crippen LogP contribution is 2.35. The first-order valence-corrected chi connectivity index (χ1v) is 6.58. The second-order valence-electron chi connectivity index (χ2n) is 5.21. The van der Waals surface area contributed by atoms with Crippen molar-refractivity contribution in [2.24, 2.45) is 5.92 Å². The van der Waals surface area contributed by atoms with Gasteiger partial charge in [-0.2, -0.15) is 0 Å². The zero-order valence-electron chi connectivity index (χ0n) is 9.85. The van der Waals surface area contributed by atoms with Crippen molar-refractivity contribution in [2.45, 2.75) is 63.8 Å². The molecule has 0 aromatic rings. The summed E-state index contributed by atoms with van der Waals surface area (Å²) in [7, 11) is 0. The first kappa shape index (κ1) is 11.1. The maximum absolute atomic E-state index is 12.5. The van der Waals surface area contributed by atoms with Gasteiger partial charge in [0.15, 0.2) is 5.78 Å². The van der Waals surface area contributed by atoms with Crippen LogP contribution in [0.4, 0.5) is 0 Å². The molecule has 2 aliphatic rings. The fourth-order valence-electron chi connectivity index (χ4n) is 3.36. The van der Waals surface area contributed by atoms with E-state index in [0.29, 0.717) is 11.7 Å². The normalized spacial score (nSPS) is 32.3. The fourth-order valence-corrected chi connectivity index (χ4v) is 3.36. The van der Waals surface area contributed by atoms with Gasteiger partial charge >= 0.3 is 0 Å². The van der Waals surface area contributed by atoms with Gasteiger partial charge in [0.1, 0.15) is 0 Å². The summed E-state index contributed by atoms with van der Waals surface area (Å²) in [5.74, 6) is 0.918. The number of carbonyl (C=O) groups is 1. The van der Waals surface area contributed by atoms with Gasteiger partial charge in [0.05, 0.1) is 5.54 Å². The van der Waals surface area contributed by atoms with E-state index in [0.717, 1.165) is 38.6 Å². The molecule has 2 rings (SSSR count). The maximum Gasteiger partial charge on any atom is 0.155 e. The molecule has 1 aliphatic heterocycles. The Morgan fingerprint density at radius 1 is 1.33 bits per heavy atom. The number of ketones is 1. The Morgan fingerprint density at radius 3 is 2.60 bits per heavy atom. The molecule has 2 heteroatoms. The van der Waals surface area contributed by atoms with E-state index in [-0.39, 0.29) is 5.54 Å². The number of carbonyl (C=O) groups excluding carboxylic acids is 1. The first-order valence-electron chi connectivity index (χ1n) is 6.58. The molecule has 0 aromatic carbocycles. The van der Waals surface area contributed by atoms with Gasteiger partial charge in [-0.3, -0.25) is 4.79 Å². The second-order valence-corrected chi connectivity index (χ2v) is 5.21. The van der Waals surface area contributed by atoms with E-state index < -0.39 is 0 Å². The van der Waals surface area contributed by atoms with Crippen molar-refractivity contribution in [3.63, 3.8) is 0 Å². The number of rotatable bonds is 4. The largest absolute Gasteiger partial charge is 0.305 e. The van der Waals surface area contributed by atoms with Crippen LogP contribution in [0, 0.1) is 5.92 Å². The summed E-state index contributed by atoms with van der Waals surface area (Å²) in [5, 5.41) is 3.50. The van der Waals surface area contributed by atoms with E-state index in [9.17, 15) is 4.79 Å². The highest BCUT2D eigenvalue weighted by molar-refractivity contribution is 5.91. The summed E-state index contributed by atoms with van der Waals surface area (Å²) in [6.07, 6.45) is 9.23. The van der Waals surface area contributed by atoms with Gasteiger partial charge < -0.3 is 5.32 Å². The lowest BCUT2D eigenvalue weighted by Gasteiger charge is -2.30. The second kappa shape index (κ2) is 4.65. The average molecular weight is 209 g/mol. The van der Waals surface area contributed by atoms with Crippen LogP contribution in [0.3, 0.4) is 0 Å². The minimum atomic E-state index is -0.121. The Bertz CT molecular complexity index is 225. The first-order chi connectivity index (χ1) is 7.28. The number of Topliss-reactive ketones (excluding diaryl/α,β-unsaturated/α-hetero) is 1. The summed E-state index contributed by atoms with van der Waals surface area (Å²) in [5.41, 5.74) is -0.121. The highest BCUT2D eigenvalue weighted by atomic mass is 16.1. The SMILES string of the molecule is CCCC1(C(=O)C2CCCC2)CCCN1. The molecule has 86 valence electrons. The van der Waals surface area contributed by atoms with Crippen LogP contribution in [0.2, 0.25) is 0 Å². The van der Waals surface area contributed by atoms with Gasteiger partial charge in [0, 0.05) is 5.92 Å². The molecule has 0 spiro atoms. The maximum atomic E-state index is 12.5. The minimum absolute atomic E-state index is 0.121. The zero-order valence-corrected chi connectivity index (χ0v) is 9.85. The smallest absolute Gasteiger partial charge is 0.155 e. The summed E-state index contributed by atoms with van der Waals surface area (Å²) in [4.78, 5) is 12.5. The molecule has 2 nitrogen and oxygen atoms in total. The van der Waals surface area contributed by atoms with Crippen molar-refractivity contribution in [3.8, 4) is 0 Å². The molecule has 0 aromatic heterocycles. The molecule has 15 heavy (non-hydrogen) atoms. The Kier molecular flexibility index (Phi) is 3.45. The Morgan fingerprint density at radius 2 is 2.07 bits per heavy atom. The lowest BCUT2D eigenvalue weighted by Crippen LogP contribution is -2.49. The predicted molar refractivity (Wildman–Crippen MR) is 61.8 cm³/mol. The predicted octanol–water partition coefficient (Wildman–Crippen LogP) is 2.67. The van der Waals surface area contributed by atoms with Crippen molar-refractivity contribution in [1.82, 2.24) is 5.32 Å². The van der Waals surface area contributed by atoms with E-state index in [1.807, 2.05) is 0 Å². The molecule has 1 unspecified atom stereocenters. The van der Waals surface area contributed by atoms with Crippen LogP contribution in [0.5, 0.6) is 0 Å². The molecular formula is C13H23NO. The molecule has 0 bridgehead atoms. The third-order valence-electron chi connectivity index (χ3n) is 4.12. The highest BCUT2D eigenvalue weighted by Gasteiger charge is 2.43. The van der Waals surface area contributed by atoms with Crippen LogP contribution in [0.1, 0.15) is 58.3 Å². The van der Waals surface area contributed by atoms with Crippen molar-refractivity contribution < 1.29 is 4.79 Å². The molecule has 0 amide bonds. The van der Waals surface area contributed by atoms with Gasteiger partial charge in [0.25, 0.3) is 0 Å². The molecule has 1 aliphatic carbocycles. The van der Waals surface area contributed by atoms with Gasteiger partial charge in [-0.15, -0.1) is 0 Å². The summed E-state index contributed by atoms with van der Waals surface area (Å²) in [6, 6.07) is 0. The zero-order chi connectivity index (χ0) is 10.7. The van der Waals surface area contributed by atoms with Gasteiger partial charge in [-0.25, -0.2) is 0 Å². The van der Waals surface area contributed by atoms with Crippen LogP contribution in [-0.2, 0) is 4.79 Å². The molecule has 2 fully saturated rings. The number of hydrogen-bond acceptors (Lipinski definition) is 2. The molecule has 1 saturated heterocycles. The Hall–Kier alpha value is -0.370. The molecule has 1 heterocycles. The number of hydrogen-bond donors (Lipinski definition) is 1. The minimum Gasteiger partial charge on any atom is -0.305 e. The third kappa shape index (κ3) is 2.10. The van der Waals surface area contributed by atoms with Crippen LogP contribution in [0.25, 0.3) is 0 Å². The van der Waals surface area contributed by atoms with Crippen molar-refractivity contribution in [3.05, 3.63) is 0 Å². The van der Waals surface area contributed by atoms with E-state index >= 15 is 0 Å². The van der Waals surface area contributed by atoms with Gasteiger partial charge in [-0.1, -0.05) is 26.2 Å². The van der Waals surface area contributed by atoms with Crippen LogP contribution in [-0.4, -0.2) is 17.9 Å². The van der Waals surface area contributed by atoms with Crippen molar-refractivity contribution in [1.29, 1.82) is 0 Å². The molecule has 1 saturated carbocycles. The topological polar surface area (TPSA) is 29.1 Å². The number of nitrogens with one attached hydrogen (secondary N) is 1. The van der Waals surface area contributed by atoms with Crippen LogP contribution >= 0.6 is 0 Å². The average Bonchev–Trinajstić information content (AvgIpc) is 2.88. The lowest BCUT2D eigenvalue weighted by atomic mass is 9.80. The monoisotopic (exact) mass is 209 g/mol. The third-order valence-corrected chi connectivity index (χ3v) is 4.12. The Balaban J connectivity index is 2.06. The lowest BCUT2D eigenvalue weighted by molar-refractivity contribution is -0.129. The molecule has 1 N–H and O–H groups in total.